The van der Waals surface area contributed by atoms with Gasteiger partial charge in [0.2, 0.25) is 0 Å². The van der Waals surface area contributed by atoms with Crippen LogP contribution in [-0.4, -0.2) is 11.7 Å². The molecule has 2 atom stereocenters. The summed E-state index contributed by atoms with van der Waals surface area (Å²) in [5.74, 6) is -1.82. The van der Waals surface area contributed by atoms with Crippen molar-refractivity contribution in [3.05, 3.63) is 70.3 Å². The maximum absolute atomic E-state index is 13.9. The van der Waals surface area contributed by atoms with Crippen LogP contribution >= 0.6 is 0 Å². The summed E-state index contributed by atoms with van der Waals surface area (Å²) in [6.07, 6.45) is -1.11. The van der Waals surface area contributed by atoms with Crippen molar-refractivity contribution in [3.8, 4) is 0 Å². The van der Waals surface area contributed by atoms with Gasteiger partial charge in [-0.2, -0.15) is 0 Å². The molecule has 0 radical (unpaired) electrons. The van der Waals surface area contributed by atoms with Gasteiger partial charge in [-0.25, -0.2) is 8.78 Å². The minimum Gasteiger partial charge on any atom is -0.388 e. The molecule has 2 aromatic rings. The summed E-state index contributed by atoms with van der Waals surface area (Å²) in [5.41, 5.74) is 8.03. The Labute approximate surface area is 123 Å². The molecule has 4 heteroatoms. The van der Waals surface area contributed by atoms with E-state index in [0.717, 1.165) is 17.2 Å². The van der Waals surface area contributed by atoms with Gasteiger partial charge in [0.1, 0.15) is 11.6 Å². The largest absolute Gasteiger partial charge is 0.388 e. The Morgan fingerprint density at radius 2 is 1.67 bits per heavy atom. The summed E-state index contributed by atoms with van der Waals surface area (Å²) in [5, 5.41) is 10.5. The summed E-state index contributed by atoms with van der Waals surface area (Å²) < 4.78 is 27.2. The average molecular weight is 291 g/mol. The van der Waals surface area contributed by atoms with Crippen molar-refractivity contribution < 1.29 is 13.9 Å². The summed E-state index contributed by atoms with van der Waals surface area (Å²) in [7, 11) is 0. The molecule has 0 heterocycles. The molecule has 0 saturated heterocycles. The molecule has 112 valence electrons. The summed E-state index contributed by atoms with van der Waals surface area (Å²) in [4.78, 5) is 0. The second kappa shape index (κ2) is 6.33. The highest BCUT2D eigenvalue weighted by molar-refractivity contribution is 5.32. The number of halogens is 2. The van der Waals surface area contributed by atoms with Crippen LogP contribution in [0.1, 0.15) is 34.3 Å². The lowest BCUT2D eigenvalue weighted by Crippen LogP contribution is -2.21. The van der Waals surface area contributed by atoms with Crippen LogP contribution in [0.25, 0.3) is 0 Å². The first-order valence-electron chi connectivity index (χ1n) is 6.84. The maximum atomic E-state index is 13.9. The van der Waals surface area contributed by atoms with Crippen molar-refractivity contribution in [2.24, 2.45) is 5.73 Å². The maximum Gasteiger partial charge on any atom is 0.131 e. The number of aryl methyl sites for hydroxylation is 2. The zero-order chi connectivity index (χ0) is 15.6. The normalized spacial score (nSPS) is 14.0. The summed E-state index contributed by atoms with van der Waals surface area (Å²) >= 11 is 0. The lowest BCUT2D eigenvalue weighted by atomic mass is 9.88. The van der Waals surface area contributed by atoms with Gasteiger partial charge in [-0.1, -0.05) is 29.8 Å². The van der Waals surface area contributed by atoms with E-state index in [1.807, 2.05) is 31.2 Å². The highest BCUT2D eigenvalue weighted by Gasteiger charge is 2.25. The first kappa shape index (κ1) is 15.6. The van der Waals surface area contributed by atoms with Gasteiger partial charge >= 0.3 is 0 Å². The number of aliphatic hydroxyl groups excluding tert-OH is 1. The fourth-order valence-electron chi connectivity index (χ4n) is 2.38. The molecule has 21 heavy (non-hydrogen) atoms. The Hall–Kier alpha value is -1.78. The zero-order valence-electron chi connectivity index (χ0n) is 12.1. The molecular weight excluding hydrogens is 272 g/mol. The average Bonchev–Trinajstić information content (AvgIpc) is 2.45. The zero-order valence-corrected chi connectivity index (χ0v) is 12.1. The minimum atomic E-state index is -1.11. The van der Waals surface area contributed by atoms with E-state index in [0.29, 0.717) is 5.56 Å². The van der Waals surface area contributed by atoms with E-state index >= 15 is 0 Å². The Bertz CT molecular complexity index is 625. The van der Waals surface area contributed by atoms with Crippen LogP contribution in [0.15, 0.2) is 36.4 Å². The van der Waals surface area contributed by atoms with Gasteiger partial charge in [0.25, 0.3) is 0 Å². The van der Waals surface area contributed by atoms with Crippen LogP contribution in [0.5, 0.6) is 0 Å². The van der Waals surface area contributed by atoms with Crippen molar-refractivity contribution in [1.82, 2.24) is 0 Å². The van der Waals surface area contributed by atoms with Crippen molar-refractivity contribution in [3.63, 3.8) is 0 Å². The lowest BCUT2D eigenvalue weighted by Gasteiger charge is -2.23. The Morgan fingerprint density at radius 1 is 1.05 bits per heavy atom. The van der Waals surface area contributed by atoms with Crippen LogP contribution < -0.4 is 5.73 Å². The fourth-order valence-corrected chi connectivity index (χ4v) is 2.38. The summed E-state index contributed by atoms with van der Waals surface area (Å²) in [6.45, 7) is 3.66. The highest BCUT2D eigenvalue weighted by Crippen LogP contribution is 2.32. The molecule has 0 saturated carbocycles. The number of rotatable bonds is 4. The molecule has 0 bridgehead atoms. The highest BCUT2D eigenvalue weighted by atomic mass is 19.1. The van der Waals surface area contributed by atoms with Crippen molar-refractivity contribution in [2.45, 2.75) is 25.9 Å². The number of nitrogens with two attached hydrogens (primary N) is 1. The first-order chi connectivity index (χ1) is 9.93. The third-order valence-corrected chi connectivity index (χ3v) is 3.74. The number of benzene rings is 2. The van der Waals surface area contributed by atoms with Gasteiger partial charge < -0.3 is 10.8 Å². The van der Waals surface area contributed by atoms with Gasteiger partial charge in [-0.3, -0.25) is 0 Å². The molecular formula is C17H19F2NO. The smallest absolute Gasteiger partial charge is 0.131 e. The van der Waals surface area contributed by atoms with E-state index in [1.165, 1.54) is 13.0 Å². The number of hydrogen-bond donors (Lipinski definition) is 2. The monoisotopic (exact) mass is 291 g/mol. The SMILES string of the molecule is Cc1ccc(C(CN)C(O)c2cc(C)c(F)cc2F)cc1. The van der Waals surface area contributed by atoms with E-state index in [1.54, 1.807) is 0 Å². The van der Waals surface area contributed by atoms with Crippen LogP contribution in [-0.2, 0) is 0 Å². The molecule has 0 aliphatic rings. The predicted molar refractivity (Wildman–Crippen MR) is 79.0 cm³/mol. The molecule has 2 nitrogen and oxygen atoms in total. The Balaban J connectivity index is 2.38. The summed E-state index contributed by atoms with van der Waals surface area (Å²) in [6, 6.07) is 9.70. The standard InChI is InChI=1S/C17H19F2NO/c1-10-3-5-12(6-4-10)14(9-20)17(21)13-7-11(2)15(18)8-16(13)19/h3-8,14,17,21H,9,20H2,1-2H3. The number of aliphatic hydroxyl groups is 1. The van der Waals surface area contributed by atoms with Crippen LogP contribution in [0.4, 0.5) is 8.78 Å². The van der Waals surface area contributed by atoms with E-state index in [-0.39, 0.29) is 12.1 Å². The van der Waals surface area contributed by atoms with Crippen molar-refractivity contribution >= 4 is 0 Å². The molecule has 2 rings (SSSR count). The molecule has 0 aliphatic carbocycles. The number of hydrogen-bond acceptors (Lipinski definition) is 2. The van der Waals surface area contributed by atoms with E-state index in [9.17, 15) is 13.9 Å². The minimum absolute atomic E-state index is 0.0740. The van der Waals surface area contributed by atoms with Gasteiger partial charge in [-0.15, -0.1) is 0 Å². The topological polar surface area (TPSA) is 46.2 Å². The molecule has 0 amide bonds. The van der Waals surface area contributed by atoms with Crippen LogP contribution in [0, 0.1) is 25.5 Å². The van der Waals surface area contributed by atoms with Gasteiger partial charge in [-0.05, 0) is 31.0 Å². The van der Waals surface area contributed by atoms with Crippen LogP contribution in [0.3, 0.4) is 0 Å². The molecule has 0 fully saturated rings. The molecule has 3 N–H and O–H groups in total. The van der Waals surface area contributed by atoms with E-state index in [2.05, 4.69) is 0 Å². The van der Waals surface area contributed by atoms with Gasteiger partial charge in [0, 0.05) is 24.1 Å². The van der Waals surface area contributed by atoms with Crippen molar-refractivity contribution in [2.75, 3.05) is 6.54 Å². The first-order valence-corrected chi connectivity index (χ1v) is 6.84. The van der Waals surface area contributed by atoms with Crippen molar-refractivity contribution in [1.29, 1.82) is 0 Å². The molecule has 0 aromatic heterocycles. The predicted octanol–water partition coefficient (Wildman–Crippen LogP) is 3.36. The molecule has 2 aromatic carbocycles. The van der Waals surface area contributed by atoms with E-state index < -0.39 is 23.7 Å². The molecule has 2 unspecified atom stereocenters. The second-order valence-electron chi connectivity index (χ2n) is 5.32. The van der Waals surface area contributed by atoms with Gasteiger partial charge in [0.05, 0.1) is 6.10 Å². The Kier molecular flexibility index (Phi) is 4.70. The molecule has 0 spiro atoms. The Morgan fingerprint density at radius 3 is 2.24 bits per heavy atom. The quantitative estimate of drug-likeness (QED) is 0.907. The van der Waals surface area contributed by atoms with Gasteiger partial charge in [0.15, 0.2) is 0 Å². The fraction of sp³-hybridized carbons (Fsp3) is 0.294. The lowest BCUT2D eigenvalue weighted by molar-refractivity contribution is 0.143. The third-order valence-electron chi connectivity index (χ3n) is 3.74. The van der Waals surface area contributed by atoms with E-state index in [4.69, 9.17) is 5.73 Å². The second-order valence-corrected chi connectivity index (χ2v) is 5.32. The van der Waals surface area contributed by atoms with Crippen LogP contribution in [0.2, 0.25) is 0 Å². The molecule has 0 aliphatic heterocycles. The third kappa shape index (κ3) is 3.28.